The van der Waals surface area contributed by atoms with E-state index in [0.29, 0.717) is 5.75 Å². The molecule has 2 heteroatoms. The maximum Gasteiger partial charge on any atom is 0.115 e. The predicted molar refractivity (Wildman–Crippen MR) is 66.4 cm³/mol. The van der Waals surface area contributed by atoms with Crippen LogP contribution in [0.2, 0.25) is 0 Å². The summed E-state index contributed by atoms with van der Waals surface area (Å²) < 4.78 is 0. The van der Waals surface area contributed by atoms with Crippen LogP contribution in [0.25, 0.3) is 0 Å². The van der Waals surface area contributed by atoms with Crippen molar-refractivity contribution in [2.45, 2.75) is 32.7 Å². The second kappa shape index (κ2) is 5.35. The normalized spacial score (nSPS) is 18.8. The molecule has 1 aromatic rings. The number of piperidine rings is 1. The molecule has 1 heterocycles. The first-order valence-corrected chi connectivity index (χ1v) is 6.28. The fraction of sp³-hybridized carbons (Fsp3) is 0.571. The van der Waals surface area contributed by atoms with Crippen molar-refractivity contribution in [3.63, 3.8) is 0 Å². The van der Waals surface area contributed by atoms with Gasteiger partial charge in [-0.05, 0) is 49.5 Å². The lowest BCUT2D eigenvalue weighted by Gasteiger charge is -2.31. The fourth-order valence-electron chi connectivity index (χ4n) is 2.41. The molecule has 0 radical (unpaired) electrons. The summed E-state index contributed by atoms with van der Waals surface area (Å²) in [5.41, 5.74) is 1.30. The maximum atomic E-state index is 9.22. The molecule has 16 heavy (non-hydrogen) atoms. The minimum atomic E-state index is 0.355. The van der Waals surface area contributed by atoms with Crippen molar-refractivity contribution in [3.8, 4) is 5.75 Å². The zero-order valence-electron chi connectivity index (χ0n) is 10.0. The summed E-state index contributed by atoms with van der Waals surface area (Å²) in [5.74, 6) is 1.30. The first-order valence-electron chi connectivity index (χ1n) is 6.28. The molecule has 0 amide bonds. The van der Waals surface area contributed by atoms with Gasteiger partial charge >= 0.3 is 0 Å². The van der Waals surface area contributed by atoms with Crippen molar-refractivity contribution < 1.29 is 5.11 Å². The number of hydrogen-bond acceptors (Lipinski definition) is 2. The first kappa shape index (κ1) is 11.5. The number of benzene rings is 1. The molecule has 1 aromatic carbocycles. The van der Waals surface area contributed by atoms with Crippen molar-refractivity contribution in [1.82, 2.24) is 4.90 Å². The van der Waals surface area contributed by atoms with Crippen molar-refractivity contribution in [2.75, 3.05) is 13.1 Å². The SMILES string of the molecule is CCC1CCN(Cc2ccc(O)cc2)CC1. The molecule has 2 nitrogen and oxygen atoms in total. The summed E-state index contributed by atoms with van der Waals surface area (Å²) in [4.78, 5) is 2.51. The van der Waals surface area contributed by atoms with Crippen molar-refractivity contribution in [1.29, 1.82) is 0 Å². The van der Waals surface area contributed by atoms with E-state index in [1.165, 1.54) is 37.9 Å². The standard InChI is InChI=1S/C14H21NO/c1-2-12-7-9-15(10-8-12)11-13-3-5-14(16)6-4-13/h3-6,12,16H,2,7-11H2,1H3. The highest BCUT2D eigenvalue weighted by atomic mass is 16.3. The van der Waals surface area contributed by atoms with Crippen LogP contribution in [0.15, 0.2) is 24.3 Å². The van der Waals surface area contributed by atoms with E-state index in [0.717, 1.165) is 12.5 Å². The van der Waals surface area contributed by atoms with Crippen LogP contribution >= 0.6 is 0 Å². The van der Waals surface area contributed by atoms with E-state index in [2.05, 4.69) is 11.8 Å². The second-order valence-corrected chi connectivity index (χ2v) is 4.79. The lowest BCUT2D eigenvalue weighted by atomic mass is 9.94. The van der Waals surface area contributed by atoms with E-state index in [9.17, 15) is 5.11 Å². The molecule has 2 rings (SSSR count). The van der Waals surface area contributed by atoms with E-state index in [-0.39, 0.29) is 0 Å². The summed E-state index contributed by atoms with van der Waals surface area (Å²) in [7, 11) is 0. The summed E-state index contributed by atoms with van der Waals surface area (Å²) in [5, 5.41) is 9.22. The summed E-state index contributed by atoms with van der Waals surface area (Å²) in [6.07, 6.45) is 4.01. The highest BCUT2D eigenvalue weighted by Gasteiger charge is 2.17. The largest absolute Gasteiger partial charge is 0.508 e. The molecule has 0 atom stereocenters. The molecule has 0 saturated carbocycles. The molecule has 1 N–H and O–H groups in total. The van der Waals surface area contributed by atoms with Crippen molar-refractivity contribution in [2.24, 2.45) is 5.92 Å². The molecule has 0 spiro atoms. The number of rotatable bonds is 3. The van der Waals surface area contributed by atoms with Gasteiger partial charge in [0.05, 0.1) is 0 Å². The van der Waals surface area contributed by atoms with Gasteiger partial charge < -0.3 is 5.11 Å². The zero-order valence-corrected chi connectivity index (χ0v) is 10.0. The Balaban J connectivity index is 1.84. The Morgan fingerprint density at radius 2 is 1.81 bits per heavy atom. The van der Waals surface area contributed by atoms with Crippen LogP contribution in [0.4, 0.5) is 0 Å². The van der Waals surface area contributed by atoms with Gasteiger partial charge in [-0.2, -0.15) is 0 Å². The lowest BCUT2D eigenvalue weighted by molar-refractivity contribution is 0.175. The topological polar surface area (TPSA) is 23.5 Å². The molecule has 0 aromatic heterocycles. The Morgan fingerprint density at radius 1 is 1.19 bits per heavy atom. The van der Waals surface area contributed by atoms with Gasteiger partial charge in [0.15, 0.2) is 0 Å². The van der Waals surface area contributed by atoms with Gasteiger partial charge in [0.25, 0.3) is 0 Å². The van der Waals surface area contributed by atoms with Gasteiger partial charge in [-0.15, -0.1) is 0 Å². The minimum Gasteiger partial charge on any atom is -0.508 e. The number of likely N-dealkylation sites (tertiary alicyclic amines) is 1. The van der Waals surface area contributed by atoms with Crippen molar-refractivity contribution >= 4 is 0 Å². The van der Waals surface area contributed by atoms with Crippen LogP contribution in [0.3, 0.4) is 0 Å². The molecule has 1 saturated heterocycles. The number of phenolic OH excluding ortho intramolecular Hbond substituents is 1. The highest BCUT2D eigenvalue weighted by molar-refractivity contribution is 5.25. The Morgan fingerprint density at radius 3 is 2.38 bits per heavy atom. The Kier molecular flexibility index (Phi) is 3.83. The number of hydrogen-bond donors (Lipinski definition) is 1. The molecular weight excluding hydrogens is 198 g/mol. The molecular formula is C14H21NO. The summed E-state index contributed by atoms with van der Waals surface area (Å²) in [6.45, 7) is 5.76. The number of phenols is 1. The van der Waals surface area contributed by atoms with Gasteiger partial charge in [0.2, 0.25) is 0 Å². The van der Waals surface area contributed by atoms with E-state index in [1.807, 2.05) is 12.1 Å². The highest BCUT2D eigenvalue weighted by Crippen LogP contribution is 2.21. The lowest BCUT2D eigenvalue weighted by Crippen LogP contribution is -2.32. The zero-order chi connectivity index (χ0) is 11.4. The van der Waals surface area contributed by atoms with Crippen LogP contribution in [0, 0.1) is 5.92 Å². The van der Waals surface area contributed by atoms with Gasteiger partial charge in [0, 0.05) is 6.54 Å². The van der Waals surface area contributed by atoms with E-state index in [1.54, 1.807) is 12.1 Å². The van der Waals surface area contributed by atoms with Crippen LogP contribution in [-0.2, 0) is 6.54 Å². The van der Waals surface area contributed by atoms with Crippen LogP contribution in [0.5, 0.6) is 5.75 Å². The van der Waals surface area contributed by atoms with Crippen LogP contribution in [-0.4, -0.2) is 23.1 Å². The van der Waals surface area contributed by atoms with Gasteiger partial charge in [-0.3, -0.25) is 4.90 Å². The molecule has 88 valence electrons. The Bertz CT molecular complexity index is 312. The Labute approximate surface area is 97.9 Å². The maximum absolute atomic E-state index is 9.22. The number of aromatic hydroxyl groups is 1. The second-order valence-electron chi connectivity index (χ2n) is 4.79. The molecule has 1 aliphatic rings. The van der Waals surface area contributed by atoms with Gasteiger partial charge in [0.1, 0.15) is 5.75 Å². The third-order valence-corrected chi connectivity index (χ3v) is 3.63. The number of nitrogens with zero attached hydrogens (tertiary/aromatic N) is 1. The summed E-state index contributed by atoms with van der Waals surface area (Å²) in [6, 6.07) is 7.57. The molecule has 0 aliphatic carbocycles. The molecule has 0 unspecified atom stereocenters. The smallest absolute Gasteiger partial charge is 0.115 e. The summed E-state index contributed by atoms with van der Waals surface area (Å²) >= 11 is 0. The monoisotopic (exact) mass is 219 g/mol. The fourth-order valence-corrected chi connectivity index (χ4v) is 2.41. The molecule has 1 fully saturated rings. The average Bonchev–Trinajstić information content (AvgIpc) is 2.33. The minimum absolute atomic E-state index is 0.355. The third kappa shape index (κ3) is 2.99. The quantitative estimate of drug-likeness (QED) is 0.844. The van der Waals surface area contributed by atoms with E-state index >= 15 is 0 Å². The van der Waals surface area contributed by atoms with E-state index in [4.69, 9.17) is 0 Å². The van der Waals surface area contributed by atoms with E-state index < -0.39 is 0 Å². The third-order valence-electron chi connectivity index (χ3n) is 3.63. The van der Waals surface area contributed by atoms with Crippen molar-refractivity contribution in [3.05, 3.63) is 29.8 Å². The van der Waals surface area contributed by atoms with Gasteiger partial charge in [-0.1, -0.05) is 25.5 Å². The molecule has 1 aliphatic heterocycles. The Hall–Kier alpha value is -1.02. The van der Waals surface area contributed by atoms with Crippen LogP contribution < -0.4 is 0 Å². The first-order chi connectivity index (χ1) is 7.78. The van der Waals surface area contributed by atoms with Crippen LogP contribution in [0.1, 0.15) is 31.7 Å². The predicted octanol–water partition coefficient (Wildman–Crippen LogP) is 3.01. The van der Waals surface area contributed by atoms with Gasteiger partial charge in [-0.25, -0.2) is 0 Å². The molecule has 0 bridgehead atoms. The average molecular weight is 219 g/mol.